The second-order valence-electron chi connectivity index (χ2n) is 5.75. The van der Waals surface area contributed by atoms with E-state index in [1.807, 2.05) is 19.1 Å². The predicted molar refractivity (Wildman–Crippen MR) is 71.3 cm³/mol. The average Bonchev–Trinajstić information content (AvgIpc) is 2.69. The lowest BCUT2D eigenvalue weighted by atomic mass is 9.81. The molecule has 0 bridgehead atoms. The van der Waals surface area contributed by atoms with Crippen molar-refractivity contribution in [2.45, 2.75) is 39.7 Å². The van der Waals surface area contributed by atoms with Crippen molar-refractivity contribution < 1.29 is 9.21 Å². The summed E-state index contributed by atoms with van der Waals surface area (Å²) in [4.78, 5) is 14.1. The number of rotatable bonds is 4. The molecule has 0 amide bonds. The molecule has 3 heteroatoms. The van der Waals surface area contributed by atoms with Gasteiger partial charge in [0.05, 0.1) is 6.54 Å². The highest BCUT2D eigenvalue weighted by Crippen LogP contribution is 2.26. The van der Waals surface area contributed by atoms with Gasteiger partial charge < -0.3 is 4.42 Å². The SMILES string of the molecule is Cc1ccc(CN(C)CC2CC(C)CCC2=O)o1. The molecule has 2 atom stereocenters. The molecule has 0 aromatic carbocycles. The van der Waals surface area contributed by atoms with Crippen LogP contribution in [0.2, 0.25) is 0 Å². The van der Waals surface area contributed by atoms with E-state index in [4.69, 9.17) is 4.42 Å². The summed E-state index contributed by atoms with van der Waals surface area (Å²) in [6.45, 7) is 5.83. The molecule has 1 aliphatic carbocycles. The van der Waals surface area contributed by atoms with Crippen molar-refractivity contribution in [2.24, 2.45) is 11.8 Å². The maximum absolute atomic E-state index is 11.9. The molecular formula is C15H23NO2. The Labute approximate surface area is 109 Å². The Balaban J connectivity index is 1.86. The predicted octanol–water partition coefficient (Wildman–Crippen LogP) is 3.03. The number of hydrogen-bond donors (Lipinski definition) is 0. The topological polar surface area (TPSA) is 33.5 Å². The van der Waals surface area contributed by atoms with E-state index in [1.54, 1.807) is 0 Å². The highest BCUT2D eigenvalue weighted by molar-refractivity contribution is 5.81. The van der Waals surface area contributed by atoms with Crippen molar-refractivity contribution in [1.82, 2.24) is 4.90 Å². The van der Waals surface area contributed by atoms with Gasteiger partial charge in [-0.1, -0.05) is 6.92 Å². The summed E-state index contributed by atoms with van der Waals surface area (Å²) in [5.41, 5.74) is 0. The van der Waals surface area contributed by atoms with Crippen LogP contribution in [0.15, 0.2) is 16.5 Å². The van der Waals surface area contributed by atoms with E-state index < -0.39 is 0 Å². The minimum absolute atomic E-state index is 0.217. The van der Waals surface area contributed by atoms with Gasteiger partial charge in [0.15, 0.2) is 0 Å². The van der Waals surface area contributed by atoms with Crippen LogP contribution in [-0.2, 0) is 11.3 Å². The lowest BCUT2D eigenvalue weighted by Crippen LogP contribution is -2.34. The molecule has 1 heterocycles. The van der Waals surface area contributed by atoms with Crippen LogP contribution in [0.5, 0.6) is 0 Å². The van der Waals surface area contributed by atoms with Crippen LogP contribution < -0.4 is 0 Å². The van der Waals surface area contributed by atoms with Crippen LogP contribution in [0.1, 0.15) is 37.7 Å². The van der Waals surface area contributed by atoms with Crippen LogP contribution in [0.25, 0.3) is 0 Å². The van der Waals surface area contributed by atoms with Gasteiger partial charge >= 0.3 is 0 Å². The summed E-state index contributed by atoms with van der Waals surface area (Å²) >= 11 is 0. The van der Waals surface area contributed by atoms with Crippen molar-refractivity contribution >= 4 is 5.78 Å². The largest absolute Gasteiger partial charge is 0.465 e. The molecule has 0 saturated heterocycles. The van der Waals surface area contributed by atoms with Gasteiger partial charge in [-0.15, -0.1) is 0 Å². The highest BCUT2D eigenvalue weighted by atomic mass is 16.3. The zero-order valence-corrected chi connectivity index (χ0v) is 11.6. The van der Waals surface area contributed by atoms with Gasteiger partial charge in [0.25, 0.3) is 0 Å². The fraction of sp³-hybridized carbons (Fsp3) is 0.667. The van der Waals surface area contributed by atoms with Gasteiger partial charge in [-0.25, -0.2) is 0 Å². The summed E-state index contributed by atoms with van der Waals surface area (Å²) in [7, 11) is 2.06. The number of carbonyl (C=O) groups excluding carboxylic acids is 1. The third-order valence-corrected chi connectivity index (χ3v) is 3.78. The minimum atomic E-state index is 0.217. The lowest BCUT2D eigenvalue weighted by molar-refractivity contribution is -0.126. The fourth-order valence-corrected chi connectivity index (χ4v) is 2.78. The third kappa shape index (κ3) is 3.45. The van der Waals surface area contributed by atoms with Gasteiger partial charge in [-0.2, -0.15) is 0 Å². The molecule has 0 radical (unpaired) electrons. The number of furan rings is 1. The van der Waals surface area contributed by atoms with E-state index >= 15 is 0 Å². The first-order valence-corrected chi connectivity index (χ1v) is 6.81. The first kappa shape index (κ1) is 13.3. The molecule has 1 aliphatic rings. The van der Waals surface area contributed by atoms with Gasteiger partial charge in [-0.3, -0.25) is 9.69 Å². The van der Waals surface area contributed by atoms with E-state index in [2.05, 4.69) is 18.9 Å². The van der Waals surface area contributed by atoms with Crippen LogP contribution >= 0.6 is 0 Å². The fourth-order valence-electron chi connectivity index (χ4n) is 2.78. The van der Waals surface area contributed by atoms with Crippen LogP contribution in [0, 0.1) is 18.8 Å². The average molecular weight is 249 g/mol. The molecule has 1 aromatic heterocycles. The van der Waals surface area contributed by atoms with Crippen LogP contribution in [0.3, 0.4) is 0 Å². The molecular weight excluding hydrogens is 226 g/mol. The molecule has 100 valence electrons. The van der Waals surface area contributed by atoms with E-state index in [-0.39, 0.29) is 5.92 Å². The third-order valence-electron chi connectivity index (χ3n) is 3.78. The summed E-state index contributed by atoms with van der Waals surface area (Å²) in [6, 6.07) is 3.99. The Morgan fingerprint density at radius 1 is 1.44 bits per heavy atom. The molecule has 2 unspecified atom stereocenters. The van der Waals surface area contributed by atoms with E-state index in [1.165, 1.54) is 0 Å². The molecule has 18 heavy (non-hydrogen) atoms. The Morgan fingerprint density at radius 2 is 2.22 bits per heavy atom. The van der Waals surface area contributed by atoms with Crippen molar-refractivity contribution in [3.63, 3.8) is 0 Å². The zero-order chi connectivity index (χ0) is 13.1. The highest BCUT2D eigenvalue weighted by Gasteiger charge is 2.27. The molecule has 3 nitrogen and oxygen atoms in total. The van der Waals surface area contributed by atoms with Gasteiger partial charge in [0.2, 0.25) is 0 Å². The summed E-state index contributed by atoms with van der Waals surface area (Å²) < 4.78 is 5.56. The van der Waals surface area contributed by atoms with E-state index in [0.29, 0.717) is 11.7 Å². The van der Waals surface area contributed by atoms with Crippen molar-refractivity contribution in [1.29, 1.82) is 0 Å². The normalized spacial score (nSPS) is 24.8. The van der Waals surface area contributed by atoms with E-state index in [0.717, 1.165) is 43.9 Å². The number of ketones is 1. The smallest absolute Gasteiger partial charge is 0.137 e. The molecule has 1 aromatic rings. The molecule has 0 N–H and O–H groups in total. The summed E-state index contributed by atoms with van der Waals surface area (Å²) in [5, 5.41) is 0. The van der Waals surface area contributed by atoms with Gasteiger partial charge in [-0.05, 0) is 44.9 Å². The summed E-state index contributed by atoms with van der Waals surface area (Å²) in [6.07, 6.45) is 2.87. The first-order chi connectivity index (χ1) is 8.54. The van der Waals surface area contributed by atoms with Crippen molar-refractivity contribution in [3.05, 3.63) is 23.7 Å². The summed E-state index contributed by atoms with van der Waals surface area (Å²) in [5.74, 6) is 3.27. The molecule has 0 spiro atoms. The second kappa shape index (κ2) is 5.70. The molecule has 1 fully saturated rings. The number of aryl methyl sites for hydroxylation is 1. The maximum Gasteiger partial charge on any atom is 0.137 e. The quantitative estimate of drug-likeness (QED) is 0.822. The Hall–Kier alpha value is -1.09. The molecule has 2 rings (SSSR count). The van der Waals surface area contributed by atoms with E-state index in [9.17, 15) is 4.79 Å². The number of Topliss-reactive ketones (excluding diaryl/α,β-unsaturated/α-hetero) is 1. The number of carbonyl (C=O) groups is 1. The second-order valence-corrected chi connectivity index (χ2v) is 5.75. The minimum Gasteiger partial charge on any atom is -0.465 e. The van der Waals surface area contributed by atoms with Crippen molar-refractivity contribution in [3.8, 4) is 0 Å². The van der Waals surface area contributed by atoms with Gasteiger partial charge in [0, 0.05) is 18.9 Å². The van der Waals surface area contributed by atoms with Gasteiger partial charge in [0.1, 0.15) is 17.3 Å². The number of nitrogens with zero attached hydrogens (tertiary/aromatic N) is 1. The number of hydrogen-bond acceptors (Lipinski definition) is 3. The Morgan fingerprint density at radius 3 is 2.89 bits per heavy atom. The maximum atomic E-state index is 11.9. The van der Waals surface area contributed by atoms with Crippen LogP contribution in [-0.4, -0.2) is 24.3 Å². The van der Waals surface area contributed by atoms with Crippen LogP contribution in [0.4, 0.5) is 0 Å². The standard InChI is InChI=1S/C15H23NO2/c1-11-4-7-15(17)13(8-11)9-16(3)10-14-6-5-12(2)18-14/h5-6,11,13H,4,7-10H2,1-3H3. The molecule has 1 saturated carbocycles. The lowest BCUT2D eigenvalue weighted by Gasteiger charge is -2.28. The Bertz CT molecular complexity index is 410. The monoisotopic (exact) mass is 249 g/mol. The zero-order valence-electron chi connectivity index (χ0n) is 11.6. The Kier molecular flexibility index (Phi) is 4.23. The first-order valence-electron chi connectivity index (χ1n) is 6.81. The molecule has 0 aliphatic heterocycles. The van der Waals surface area contributed by atoms with Crippen molar-refractivity contribution in [2.75, 3.05) is 13.6 Å².